The van der Waals surface area contributed by atoms with E-state index in [9.17, 15) is 0 Å². The van der Waals surface area contributed by atoms with Gasteiger partial charge in [0, 0.05) is 6.54 Å². The molecule has 0 saturated heterocycles. The molecule has 1 aliphatic carbocycles. The van der Waals surface area contributed by atoms with Gasteiger partial charge in [-0.15, -0.1) is 0 Å². The number of benzene rings is 1. The molecule has 1 aromatic rings. The molecule has 0 aromatic heterocycles. The molecule has 4 rings (SSSR count). The number of hydrogen-bond acceptors (Lipinski definition) is 2. The second-order valence-electron chi connectivity index (χ2n) is 5.85. The number of fused-ring (bicyclic) bond motifs is 2. The van der Waals surface area contributed by atoms with Crippen molar-refractivity contribution in [1.82, 2.24) is 0 Å². The summed E-state index contributed by atoms with van der Waals surface area (Å²) in [7, 11) is 0. The average Bonchev–Trinajstić information content (AvgIpc) is 2.42. The summed E-state index contributed by atoms with van der Waals surface area (Å²) in [4.78, 5) is 2.55. The van der Waals surface area contributed by atoms with E-state index < -0.39 is 0 Å². The molecule has 0 radical (unpaired) electrons. The summed E-state index contributed by atoms with van der Waals surface area (Å²) in [5.74, 6) is 1.07. The second kappa shape index (κ2) is 3.89. The molecule has 2 aliphatic heterocycles. The maximum Gasteiger partial charge on any atom is 0.143 e. The SMILES string of the molecule is CC1=CC2Oc3ccc(C)c4c3N(CCC4)C2C=C1. The topological polar surface area (TPSA) is 12.5 Å². The highest BCUT2D eigenvalue weighted by molar-refractivity contribution is 5.70. The van der Waals surface area contributed by atoms with Crippen LogP contribution in [0, 0.1) is 6.92 Å². The molecule has 0 bridgehead atoms. The third-order valence-corrected chi connectivity index (χ3v) is 4.54. The van der Waals surface area contributed by atoms with Crippen LogP contribution in [0.2, 0.25) is 0 Å². The molecule has 0 saturated carbocycles. The van der Waals surface area contributed by atoms with Gasteiger partial charge in [-0.2, -0.15) is 0 Å². The van der Waals surface area contributed by atoms with E-state index in [1.54, 1.807) is 0 Å². The summed E-state index contributed by atoms with van der Waals surface area (Å²) in [5, 5.41) is 0. The lowest BCUT2D eigenvalue weighted by Crippen LogP contribution is -2.50. The zero-order valence-corrected chi connectivity index (χ0v) is 11.5. The molecule has 0 fully saturated rings. The van der Waals surface area contributed by atoms with Gasteiger partial charge in [-0.1, -0.05) is 23.8 Å². The largest absolute Gasteiger partial charge is 0.482 e. The van der Waals surface area contributed by atoms with Crippen molar-refractivity contribution in [3.63, 3.8) is 0 Å². The Morgan fingerprint density at radius 3 is 3.05 bits per heavy atom. The minimum atomic E-state index is 0.172. The predicted molar refractivity (Wildman–Crippen MR) is 77.9 cm³/mol. The van der Waals surface area contributed by atoms with E-state index in [1.165, 1.54) is 35.2 Å². The predicted octanol–water partition coefficient (Wildman–Crippen LogP) is 3.39. The van der Waals surface area contributed by atoms with Crippen molar-refractivity contribution in [3.05, 3.63) is 47.1 Å². The molecule has 2 unspecified atom stereocenters. The fourth-order valence-electron chi connectivity index (χ4n) is 3.58. The molecule has 1 aromatic carbocycles. The Labute approximate surface area is 114 Å². The van der Waals surface area contributed by atoms with Crippen LogP contribution in [0.15, 0.2) is 35.9 Å². The lowest BCUT2D eigenvalue weighted by atomic mass is 9.90. The van der Waals surface area contributed by atoms with Crippen LogP contribution in [0.25, 0.3) is 0 Å². The average molecular weight is 253 g/mol. The Balaban J connectivity index is 1.88. The number of ether oxygens (including phenoxy) is 1. The highest BCUT2D eigenvalue weighted by atomic mass is 16.5. The van der Waals surface area contributed by atoms with Gasteiger partial charge in [0.15, 0.2) is 0 Å². The van der Waals surface area contributed by atoms with E-state index in [1.807, 2.05) is 0 Å². The Bertz CT molecular complexity index is 600. The van der Waals surface area contributed by atoms with Crippen LogP contribution < -0.4 is 9.64 Å². The lowest BCUT2D eigenvalue weighted by Gasteiger charge is -2.46. The van der Waals surface area contributed by atoms with Crippen LogP contribution in [0.4, 0.5) is 5.69 Å². The van der Waals surface area contributed by atoms with E-state index in [0.717, 1.165) is 12.3 Å². The van der Waals surface area contributed by atoms with E-state index in [-0.39, 0.29) is 6.10 Å². The summed E-state index contributed by atoms with van der Waals surface area (Å²) in [6, 6.07) is 4.72. The van der Waals surface area contributed by atoms with Crippen LogP contribution >= 0.6 is 0 Å². The number of nitrogens with zero attached hydrogens (tertiary/aromatic N) is 1. The second-order valence-corrected chi connectivity index (χ2v) is 5.85. The van der Waals surface area contributed by atoms with Crippen molar-refractivity contribution in [1.29, 1.82) is 0 Å². The molecular weight excluding hydrogens is 234 g/mol. The van der Waals surface area contributed by atoms with Gasteiger partial charge in [0.2, 0.25) is 0 Å². The number of aryl methyl sites for hydroxylation is 1. The van der Waals surface area contributed by atoms with Crippen molar-refractivity contribution >= 4 is 5.69 Å². The van der Waals surface area contributed by atoms with E-state index >= 15 is 0 Å². The molecule has 0 N–H and O–H groups in total. The summed E-state index contributed by atoms with van der Waals surface area (Å²) in [6.45, 7) is 5.50. The summed E-state index contributed by atoms with van der Waals surface area (Å²) in [5.41, 5.74) is 5.54. The van der Waals surface area contributed by atoms with Crippen LogP contribution in [-0.4, -0.2) is 18.7 Å². The molecule has 3 aliphatic rings. The monoisotopic (exact) mass is 253 g/mol. The number of rotatable bonds is 0. The van der Waals surface area contributed by atoms with Crippen molar-refractivity contribution in [3.8, 4) is 5.75 Å². The maximum absolute atomic E-state index is 6.24. The molecule has 98 valence electrons. The van der Waals surface area contributed by atoms with Crippen LogP contribution in [0.3, 0.4) is 0 Å². The fourth-order valence-corrected chi connectivity index (χ4v) is 3.58. The van der Waals surface area contributed by atoms with Crippen LogP contribution in [0.5, 0.6) is 5.75 Å². The summed E-state index contributed by atoms with van der Waals surface area (Å²) >= 11 is 0. The Morgan fingerprint density at radius 1 is 1.26 bits per heavy atom. The Morgan fingerprint density at radius 2 is 2.16 bits per heavy atom. The van der Waals surface area contributed by atoms with Gasteiger partial charge < -0.3 is 9.64 Å². The van der Waals surface area contributed by atoms with Gasteiger partial charge in [-0.3, -0.25) is 0 Å². The van der Waals surface area contributed by atoms with Gasteiger partial charge in [0.25, 0.3) is 0 Å². The van der Waals surface area contributed by atoms with Crippen molar-refractivity contribution in [2.75, 3.05) is 11.4 Å². The summed E-state index contributed by atoms with van der Waals surface area (Å²) in [6.07, 6.45) is 9.38. The van der Waals surface area contributed by atoms with Gasteiger partial charge in [0.1, 0.15) is 11.9 Å². The van der Waals surface area contributed by atoms with Gasteiger partial charge in [-0.05, 0) is 50.0 Å². The number of anilines is 1. The highest BCUT2D eigenvalue weighted by Crippen LogP contribution is 2.44. The first-order chi connectivity index (χ1) is 9.24. The standard InChI is InChI=1S/C17H19NO/c1-11-5-7-14-16(10-11)19-15-8-6-12(2)13-4-3-9-18(14)17(13)15/h5-8,10,14,16H,3-4,9H2,1-2H3. The molecule has 2 nitrogen and oxygen atoms in total. The third-order valence-electron chi connectivity index (χ3n) is 4.54. The van der Waals surface area contributed by atoms with Crippen LogP contribution in [0.1, 0.15) is 24.5 Å². The van der Waals surface area contributed by atoms with Crippen molar-refractivity contribution in [2.45, 2.75) is 38.8 Å². The van der Waals surface area contributed by atoms with Gasteiger partial charge in [-0.25, -0.2) is 0 Å². The quantitative estimate of drug-likeness (QED) is 0.702. The van der Waals surface area contributed by atoms with E-state index in [0.29, 0.717) is 6.04 Å². The van der Waals surface area contributed by atoms with Crippen LogP contribution in [-0.2, 0) is 6.42 Å². The molecular formula is C17H19NO. The Kier molecular flexibility index (Phi) is 2.29. The molecule has 0 spiro atoms. The zero-order chi connectivity index (χ0) is 13.0. The number of hydrogen-bond donors (Lipinski definition) is 0. The maximum atomic E-state index is 6.24. The number of allylic oxidation sites excluding steroid dienone is 2. The van der Waals surface area contributed by atoms with Crippen molar-refractivity contribution in [2.24, 2.45) is 0 Å². The fraction of sp³-hybridized carbons (Fsp3) is 0.412. The summed E-state index contributed by atoms with van der Waals surface area (Å²) < 4.78 is 6.24. The van der Waals surface area contributed by atoms with Crippen molar-refractivity contribution < 1.29 is 4.74 Å². The molecule has 2 heterocycles. The molecule has 2 atom stereocenters. The van der Waals surface area contributed by atoms with Gasteiger partial charge >= 0.3 is 0 Å². The Hall–Kier alpha value is -1.70. The first-order valence-electron chi connectivity index (χ1n) is 7.16. The van der Waals surface area contributed by atoms with Gasteiger partial charge in [0.05, 0.1) is 11.7 Å². The molecule has 0 amide bonds. The highest BCUT2D eigenvalue weighted by Gasteiger charge is 2.37. The normalized spacial score (nSPS) is 27.3. The van der Waals surface area contributed by atoms with E-state index in [4.69, 9.17) is 4.74 Å². The minimum Gasteiger partial charge on any atom is -0.482 e. The molecule has 2 heteroatoms. The minimum absolute atomic E-state index is 0.172. The first-order valence-corrected chi connectivity index (χ1v) is 7.16. The van der Waals surface area contributed by atoms with E-state index in [2.05, 4.69) is 49.1 Å². The first kappa shape index (κ1) is 11.2. The molecule has 19 heavy (non-hydrogen) atoms. The smallest absolute Gasteiger partial charge is 0.143 e. The third kappa shape index (κ3) is 1.55. The zero-order valence-electron chi connectivity index (χ0n) is 11.5. The lowest BCUT2D eigenvalue weighted by molar-refractivity contribution is 0.208.